The molecule has 0 atom stereocenters. The van der Waals surface area contributed by atoms with Crippen LogP contribution in [0.3, 0.4) is 0 Å². The van der Waals surface area contributed by atoms with Crippen LogP contribution < -0.4 is 14.9 Å². The predicted octanol–water partition coefficient (Wildman–Crippen LogP) is 4.57. The molecule has 0 unspecified atom stereocenters. The van der Waals surface area contributed by atoms with Crippen molar-refractivity contribution >= 4 is 11.9 Å². The molecule has 0 saturated carbocycles. The Kier molecular flexibility index (Phi) is 6.48. The quantitative estimate of drug-likeness (QED) is 0.573. The number of ether oxygens (including phenoxy) is 2. The van der Waals surface area contributed by atoms with Crippen LogP contribution in [-0.2, 0) is 0 Å². The molecule has 4 nitrogen and oxygen atoms in total. The highest BCUT2D eigenvalue weighted by Gasteiger charge is 2.05. The maximum Gasteiger partial charge on any atom is 0.161 e. The molecule has 0 spiro atoms. The van der Waals surface area contributed by atoms with Gasteiger partial charge in [0, 0.05) is 0 Å². The van der Waals surface area contributed by atoms with Crippen LogP contribution >= 0.6 is 0 Å². The Morgan fingerprint density at radius 3 is 2.57 bits per heavy atom. The number of benzene rings is 2. The SMILES string of the molecule is COc1ccc(C=NNc2ccccc2)cc1OCCC(C)C. The maximum atomic E-state index is 5.84. The van der Waals surface area contributed by atoms with Crippen molar-refractivity contribution in [2.75, 3.05) is 19.1 Å². The summed E-state index contributed by atoms with van der Waals surface area (Å²) in [4.78, 5) is 0. The molecule has 2 aromatic carbocycles. The zero-order chi connectivity index (χ0) is 16.5. The summed E-state index contributed by atoms with van der Waals surface area (Å²) in [5.74, 6) is 2.10. The number of hydrogen-bond acceptors (Lipinski definition) is 4. The lowest BCUT2D eigenvalue weighted by Crippen LogP contribution is -2.03. The lowest BCUT2D eigenvalue weighted by molar-refractivity contribution is 0.273. The molecule has 1 N–H and O–H groups in total. The summed E-state index contributed by atoms with van der Waals surface area (Å²) in [6, 6.07) is 15.6. The van der Waals surface area contributed by atoms with Crippen molar-refractivity contribution in [2.24, 2.45) is 11.0 Å². The second kappa shape index (κ2) is 8.83. The molecule has 122 valence electrons. The first kappa shape index (κ1) is 16.9. The van der Waals surface area contributed by atoms with E-state index >= 15 is 0 Å². The minimum atomic E-state index is 0.612. The molecule has 0 aromatic heterocycles. The van der Waals surface area contributed by atoms with Gasteiger partial charge in [-0.05, 0) is 48.2 Å². The van der Waals surface area contributed by atoms with Gasteiger partial charge in [0.1, 0.15) is 0 Å². The Morgan fingerprint density at radius 1 is 1.09 bits per heavy atom. The van der Waals surface area contributed by atoms with Gasteiger partial charge in [-0.3, -0.25) is 5.43 Å². The van der Waals surface area contributed by atoms with Crippen molar-refractivity contribution in [3.8, 4) is 11.5 Å². The Hall–Kier alpha value is -2.49. The standard InChI is InChI=1S/C19H24N2O2/c1-15(2)11-12-23-19-13-16(9-10-18(19)22-3)14-20-21-17-7-5-4-6-8-17/h4-10,13-15,21H,11-12H2,1-3H3. The zero-order valence-corrected chi connectivity index (χ0v) is 14.0. The van der Waals surface area contributed by atoms with E-state index in [1.165, 1.54) is 0 Å². The number of para-hydroxylation sites is 1. The maximum absolute atomic E-state index is 5.84. The summed E-state index contributed by atoms with van der Waals surface area (Å²) in [5.41, 5.74) is 4.90. The second-order valence-electron chi connectivity index (χ2n) is 5.68. The van der Waals surface area contributed by atoms with Crippen LogP contribution in [0.5, 0.6) is 11.5 Å². The van der Waals surface area contributed by atoms with Crippen LogP contribution in [0.1, 0.15) is 25.8 Å². The van der Waals surface area contributed by atoms with Crippen LogP contribution in [0, 0.1) is 5.92 Å². The molecule has 0 aliphatic rings. The zero-order valence-electron chi connectivity index (χ0n) is 14.0. The summed E-state index contributed by atoms with van der Waals surface area (Å²) in [5, 5.41) is 4.25. The number of nitrogens with one attached hydrogen (secondary N) is 1. The number of hydrogen-bond donors (Lipinski definition) is 1. The monoisotopic (exact) mass is 312 g/mol. The fourth-order valence-electron chi connectivity index (χ4n) is 1.99. The molecule has 23 heavy (non-hydrogen) atoms. The molecule has 4 heteroatoms. The number of nitrogens with zero attached hydrogens (tertiary/aromatic N) is 1. The van der Waals surface area contributed by atoms with Crippen LogP contribution in [-0.4, -0.2) is 19.9 Å². The molecule has 0 saturated heterocycles. The average Bonchev–Trinajstić information content (AvgIpc) is 2.56. The van der Waals surface area contributed by atoms with Crippen molar-refractivity contribution in [3.63, 3.8) is 0 Å². The van der Waals surface area contributed by atoms with Crippen molar-refractivity contribution in [1.82, 2.24) is 0 Å². The third kappa shape index (κ3) is 5.66. The fourth-order valence-corrected chi connectivity index (χ4v) is 1.99. The van der Waals surface area contributed by atoms with Crippen LogP contribution in [0.15, 0.2) is 53.6 Å². The second-order valence-corrected chi connectivity index (χ2v) is 5.68. The lowest BCUT2D eigenvalue weighted by Gasteiger charge is -2.12. The lowest BCUT2D eigenvalue weighted by atomic mass is 10.1. The largest absolute Gasteiger partial charge is 0.493 e. The van der Waals surface area contributed by atoms with E-state index in [2.05, 4.69) is 24.4 Å². The minimum Gasteiger partial charge on any atom is -0.493 e. The molecular weight excluding hydrogens is 288 g/mol. The van der Waals surface area contributed by atoms with Gasteiger partial charge in [-0.1, -0.05) is 32.0 Å². The van der Waals surface area contributed by atoms with Gasteiger partial charge in [-0.15, -0.1) is 0 Å². The first-order valence-electron chi connectivity index (χ1n) is 7.84. The van der Waals surface area contributed by atoms with Gasteiger partial charge in [0.25, 0.3) is 0 Å². The van der Waals surface area contributed by atoms with E-state index in [9.17, 15) is 0 Å². The molecule has 2 aromatic rings. The summed E-state index contributed by atoms with van der Waals surface area (Å²) in [6.07, 6.45) is 2.78. The first-order chi connectivity index (χ1) is 11.2. The van der Waals surface area contributed by atoms with E-state index < -0.39 is 0 Å². The van der Waals surface area contributed by atoms with Crippen molar-refractivity contribution < 1.29 is 9.47 Å². The van der Waals surface area contributed by atoms with Crippen molar-refractivity contribution in [1.29, 1.82) is 0 Å². The van der Waals surface area contributed by atoms with Gasteiger partial charge in [0.05, 0.1) is 25.6 Å². The van der Waals surface area contributed by atoms with Crippen LogP contribution in [0.2, 0.25) is 0 Å². The van der Waals surface area contributed by atoms with Gasteiger partial charge < -0.3 is 9.47 Å². The van der Waals surface area contributed by atoms with Crippen LogP contribution in [0.4, 0.5) is 5.69 Å². The highest BCUT2D eigenvalue weighted by molar-refractivity contribution is 5.81. The molecule has 0 heterocycles. The number of hydrazone groups is 1. The first-order valence-corrected chi connectivity index (χ1v) is 7.84. The number of anilines is 1. The third-order valence-corrected chi connectivity index (χ3v) is 3.32. The Balaban J connectivity index is 2.01. The molecule has 0 radical (unpaired) electrons. The van der Waals surface area contributed by atoms with E-state index in [0.29, 0.717) is 12.5 Å². The molecule has 0 amide bonds. The average molecular weight is 312 g/mol. The van der Waals surface area contributed by atoms with E-state index in [0.717, 1.165) is 29.2 Å². The highest BCUT2D eigenvalue weighted by atomic mass is 16.5. The fraction of sp³-hybridized carbons (Fsp3) is 0.316. The highest BCUT2D eigenvalue weighted by Crippen LogP contribution is 2.28. The molecule has 2 rings (SSSR count). The summed E-state index contributed by atoms with van der Waals surface area (Å²) in [6.45, 7) is 5.04. The van der Waals surface area contributed by atoms with E-state index in [-0.39, 0.29) is 0 Å². The van der Waals surface area contributed by atoms with E-state index in [1.807, 2.05) is 48.5 Å². The molecular formula is C19H24N2O2. The molecule has 0 fully saturated rings. The Bertz CT molecular complexity index is 625. The van der Waals surface area contributed by atoms with Gasteiger partial charge in [0.2, 0.25) is 0 Å². The predicted molar refractivity (Wildman–Crippen MR) is 95.6 cm³/mol. The Morgan fingerprint density at radius 2 is 1.87 bits per heavy atom. The van der Waals surface area contributed by atoms with Gasteiger partial charge >= 0.3 is 0 Å². The van der Waals surface area contributed by atoms with Gasteiger partial charge in [-0.25, -0.2) is 0 Å². The topological polar surface area (TPSA) is 42.8 Å². The molecule has 0 aliphatic heterocycles. The smallest absolute Gasteiger partial charge is 0.161 e. The summed E-state index contributed by atoms with van der Waals surface area (Å²) >= 11 is 0. The molecule has 0 aliphatic carbocycles. The van der Waals surface area contributed by atoms with E-state index in [1.54, 1.807) is 13.3 Å². The summed E-state index contributed by atoms with van der Waals surface area (Å²) < 4.78 is 11.2. The van der Waals surface area contributed by atoms with Crippen molar-refractivity contribution in [3.05, 3.63) is 54.1 Å². The third-order valence-electron chi connectivity index (χ3n) is 3.32. The number of methoxy groups -OCH3 is 1. The van der Waals surface area contributed by atoms with Crippen LogP contribution in [0.25, 0.3) is 0 Å². The molecule has 0 bridgehead atoms. The van der Waals surface area contributed by atoms with Gasteiger partial charge in [0.15, 0.2) is 11.5 Å². The van der Waals surface area contributed by atoms with Gasteiger partial charge in [-0.2, -0.15) is 5.10 Å². The normalized spacial score (nSPS) is 11.0. The summed E-state index contributed by atoms with van der Waals surface area (Å²) in [7, 11) is 1.65. The number of rotatable bonds is 8. The Labute approximate surface area is 138 Å². The minimum absolute atomic E-state index is 0.612. The van der Waals surface area contributed by atoms with Crippen molar-refractivity contribution in [2.45, 2.75) is 20.3 Å². The van der Waals surface area contributed by atoms with E-state index in [4.69, 9.17) is 9.47 Å².